The van der Waals surface area contributed by atoms with Crippen LogP contribution in [0.1, 0.15) is 65.7 Å². The van der Waals surface area contributed by atoms with Gasteiger partial charge in [-0.3, -0.25) is 4.79 Å². The molecule has 0 amide bonds. The van der Waals surface area contributed by atoms with Gasteiger partial charge in [-0.25, -0.2) is 0 Å². The molecule has 4 fully saturated rings. The molecule has 3 nitrogen and oxygen atoms in total. The average Bonchev–Trinajstić information content (AvgIpc) is 2.95. The zero-order chi connectivity index (χ0) is 15.6. The van der Waals surface area contributed by atoms with Gasteiger partial charge in [-0.1, -0.05) is 20.8 Å². The molecule has 4 atom stereocenters. The van der Waals surface area contributed by atoms with Crippen LogP contribution in [0, 0.1) is 28.6 Å². The maximum absolute atomic E-state index is 12.1. The topological polar surface area (TPSA) is 35.5 Å². The van der Waals surface area contributed by atoms with Gasteiger partial charge in [0.1, 0.15) is 5.78 Å². The van der Waals surface area contributed by atoms with E-state index < -0.39 is 0 Å². The van der Waals surface area contributed by atoms with Crippen LogP contribution in [0.15, 0.2) is 0 Å². The number of fused-ring (bicyclic) bond motifs is 3. The van der Waals surface area contributed by atoms with Crippen LogP contribution < -0.4 is 0 Å². The molecule has 0 N–H and O–H groups in total. The summed E-state index contributed by atoms with van der Waals surface area (Å²) in [5.74, 6) is 2.08. The van der Waals surface area contributed by atoms with Gasteiger partial charge >= 0.3 is 0 Å². The van der Waals surface area contributed by atoms with E-state index in [0.717, 1.165) is 51.2 Å². The highest BCUT2D eigenvalue weighted by molar-refractivity contribution is 5.79. The van der Waals surface area contributed by atoms with Crippen molar-refractivity contribution in [1.29, 1.82) is 0 Å². The quantitative estimate of drug-likeness (QED) is 0.680. The number of ether oxygens (including phenoxy) is 2. The van der Waals surface area contributed by atoms with Crippen molar-refractivity contribution in [2.24, 2.45) is 28.6 Å². The van der Waals surface area contributed by atoms with Crippen LogP contribution in [0.25, 0.3) is 0 Å². The first-order valence-corrected chi connectivity index (χ1v) is 9.19. The lowest BCUT2D eigenvalue weighted by atomic mass is 9.43. The Kier molecular flexibility index (Phi) is 3.30. The van der Waals surface area contributed by atoms with Crippen LogP contribution in [0.3, 0.4) is 0 Å². The molecular formula is C19H30O3. The van der Waals surface area contributed by atoms with Gasteiger partial charge in [0, 0.05) is 24.7 Å². The summed E-state index contributed by atoms with van der Waals surface area (Å²) in [7, 11) is 0. The third-order valence-corrected chi connectivity index (χ3v) is 7.88. The first-order chi connectivity index (χ1) is 10.4. The Labute approximate surface area is 134 Å². The van der Waals surface area contributed by atoms with E-state index in [1.54, 1.807) is 0 Å². The van der Waals surface area contributed by atoms with Crippen molar-refractivity contribution < 1.29 is 14.3 Å². The summed E-state index contributed by atoms with van der Waals surface area (Å²) in [6.45, 7) is 8.64. The lowest BCUT2D eigenvalue weighted by Crippen LogP contribution is -2.62. The minimum Gasteiger partial charge on any atom is -0.347 e. The Bertz CT molecular complexity index is 477. The summed E-state index contributed by atoms with van der Waals surface area (Å²) in [5, 5.41) is 0. The van der Waals surface area contributed by atoms with Crippen LogP contribution in [0.4, 0.5) is 0 Å². The number of Topliss-reactive ketones (excluding diaryl/α,β-unsaturated/α-hetero) is 1. The van der Waals surface area contributed by atoms with E-state index in [9.17, 15) is 4.79 Å². The van der Waals surface area contributed by atoms with Crippen molar-refractivity contribution in [1.82, 2.24) is 0 Å². The molecule has 0 aromatic rings. The van der Waals surface area contributed by atoms with E-state index in [1.807, 2.05) is 0 Å². The zero-order valence-electron chi connectivity index (χ0n) is 14.3. The first kappa shape index (κ1) is 15.1. The third kappa shape index (κ3) is 1.84. The predicted molar refractivity (Wildman–Crippen MR) is 84.3 cm³/mol. The van der Waals surface area contributed by atoms with Gasteiger partial charge in [0.15, 0.2) is 5.79 Å². The molecule has 0 bridgehead atoms. The van der Waals surface area contributed by atoms with Crippen LogP contribution in [0.5, 0.6) is 0 Å². The summed E-state index contributed by atoms with van der Waals surface area (Å²) in [6.07, 6.45) is 7.47. The summed E-state index contributed by atoms with van der Waals surface area (Å²) >= 11 is 0. The normalized spacial score (nSPS) is 46.3. The predicted octanol–water partition coefficient (Wildman–Crippen LogP) is 3.95. The Morgan fingerprint density at radius 3 is 2.45 bits per heavy atom. The van der Waals surface area contributed by atoms with E-state index in [0.29, 0.717) is 17.6 Å². The maximum atomic E-state index is 12.1. The number of carbonyl (C=O) groups excluding carboxylic acids is 1. The molecule has 0 aromatic heterocycles. The van der Waals surface area contributed by atoms with Crippen LogP contribution in [0.2, 0.25) is 0 Å². The summed E-state index contributed by atoms with van der Waals surface area (Å²) in [4.78, 5) is 12.1. The molecule has 0 aromatic carbocycles. The van der Waals surface area contributed by atoms with E-state index in [1.165, 1.54) is 12.8 Å². The first-order valence-electron chi connectivity index (χ1n) is 9.19. The highest BCUT2D eigenvalue weighted by Crippen LogP contribution is 2.67. The lowest BCUT2D eigenvalue weighted by molar-refractivity contribution is -0.297. The molecule has 3 aliphatic carbocycles. The highest BCUT2D eigenvalue weighted by atomic mass is 16.7. The third-order valence-electron chi connectivity index (χ3n) is 7.88. The Hall–Kier alpha value is -0.410. The van der Waals surface area contributed by atoms with Crippen molar-refractivity contribution in [2.75, 3.05) is 13.2 Å². The Balaban J connectivity index is 1.69. The maximum Gasteiger partial charge on any atom is 0.173 e. The molecule has 1 spiro atoms. The van der Waals surface area contributed by atoms with Gasteiger partial charge < -0.3 is 9.47 Å². The minimum atomic E-state index is -0.372. The summed E-state index contributed by atoms with van der Waals surface area (Å²) < 4.78 is 12.3. The molecule has 3 saturated carbocycles. The minimum absolute atomic E-state index is 0.0297. The molecule has 1 heterocycles. The van der Waals surface area contributed by atoms with Crippen molar-refractivity contribution in [3.8, 4) is 0 Å². The Morgan fingerprint density at radius 1 is 1.00 bits per heavy atom. The van der Waals surface area contributed by atoms with Gasteiger partial charge in [-0.05, 0) is 48.9 Å². The zero-order valence-corrected chi connectivity index (χ0v) is 14.3. The monoisotopic (exact) mass is 306 g/mol. The molecule has 124 valence electrons. The number of ketones is 1. The second-order valence-corrected chi connectivity index (χ2v) is 8.96. The van der Waals surface area contributed by atoms with Crippen LogP contribution in [-0.4, -0.2) is 24.8 Å². The summed E-state index contributed by atoms with van der Waals surface area (Å²) in [6, 6.07) is 0. The van der Waals surface area contributed by atoms with E-state index >= 15 is 0 Å². The van der Waals surface area contributed by atoms with Crippen molar-refractivity contribution >= 4 is 5.78 Å². The van der Waals surface area contributed by atoms with Crippen LogP contribution in [-0.2, 0) is 14.3 Å². The molecular weight excluding hydrogens is 276 g/mol. The van der Waals surface area contributed by atoms with Crippen molar-refractivity contribution in [2.45, 2.75) is 71.5 Å². The number of hydrogen-bond donors (Lipinski definition) is 0. The second-order valence-electron chi connectivity index (χ2n) is 8.96. The van der Waals surface area contributed by atoms with Gasteiger partial charge in [0.2, 0.25) is 0 Å². The van der Waals surface area contributed by atoms with Crippen LogP contribution >= 0.6 is 0 Å². The molecule has 22 heavy (non-hydrogen) atoms. The standard InChI is InChI=1S/C19H30O3/c1-17(2)16-7-5-13-4-6-14(20)12-15(13)18(16,3)8-9-19(17)21-10-11-22-19/h13,15-16H,4-12H2,1-3H3/t13-,15+,16+,18-/m1/s1. The van der Waals surface area contributed by atoms with E-state index in [-0.39, 0.29) is 16.6 Å². The highest BCUT2D eigenvalue weighted by Gasteiger charge is 2.65. The number of rotatable bonds is 0. The fourth-order valence-electron chi connectivity index (χ4n) is 6.69. The molecule has 0 unspecified atom stereocenters. The number of carbonyl (C=O) groups is 1. The van der Waals surface area contributed by atoms with E-state index in [4.69, 9.17) is 9.47 Å². The fourth-order valence-corrected chi connectivity index (χ4v) is 6.69. The smallest absolute Gasteiger partial charge is 0.173 e. The summed E-state index contributed by atoms with van der Waals surface area (Å²) in [5.41, 5.74) is 0.311. The largest absolute Gasteiger partial charge is 0.347 e. The van der Waals surface area contributed by atoms with Crippen molar-refractivity contribution in [3.63, 3.8) is 0 Å². The Morgan fingerprint density at radius 2 is 1.73 bits per heavy atom. The molecule has 4 rings (SSSR count). The van der Waals surface area contributed by atoms with Gasteiger partial charge in [0.05, 0.1) is 13.2 Å². The molecule has 3 heteroatoms. The average molecular weight is 306 g/mol. The second kappa shape index (κ2) is 4.80. The van der Waals surface area contributed by atoms with E-state index in [2.05, 4.69) is 20.8 Å². The molecule has 1 saturated heterocycles. The van der Waals surface area contributed by atoms with Gasteiger partial charge in [-0.2, -0.15) is 0 Å². The van der Waals surface area contributed by atoms with Gasteiger partial charge in [0.25, 0.3) is 0 Å². The lowest BCUT2D eigenvalue weighted by Gasteiger charge is -2.64. The molecule has 4 aliphatic rings. The SMILES string of the molecule is CC1(C)[C@@H]2CC[C@H]3CCC(=O)C[C@@H]3[C@@]2(C)CCC12OCCO2. The number of hydrogen-bond acceptors (Lipinski definition) is 3. The molecule has 1 aliphatic heterocycles. The molecule has 0 radical (unpaired) electrons. The van der Waals surface area contributed by atoms with Crippen molar-refractivity contribution in [3.05, 3.63) is 0 Å². The van der Waals surface area contributed by atoms with Gasteiger partial charge in [-0.15, -0.1) is 0 Å². The fraction of sp³-hybridized carbons (Fsp3) is 0.947.